The van der Waals surface area contributed by atoms with Gasteiger partial charge in [0.05, 0.1) is 10.9 Å². The first-order valence-corrected chi connectivity index (χ1v) is 12.2. The normalized spacial score (nSPS) is 21.4. The number of carbonyl (C=O) groups is 1. The monoisotopic (exact) mass is 500 g/mol. The van der Waals surface area contributed by atoms with Gasteiger partial charge in [-0.3, -0.25) is 9.48 Å². The summed E-state index contributed by atoms with van der Waals surface area (Å²) < 4.78 is 62.9. The molecule has 1 heterocycles. The second-order valence-electron chi connectivity index (χ2n) is 8.56. The minimum absolute atomic E-state index is 0.0677. The van der Waals surface area contributed by atoms with Gasteiger partial charge in [-0.25, -0.2) is 8.42 Å². The standard InChI is InChI=1S/C21H27F3N6O3S/c1-12(2)27-15-5-8-18(13(9-15)10-25)30-11-17(19(26)31)20(29-30)28-14-3-6-16(7-4-14)34(32,33)21(22,23)24/h3-4,6-7,10-13,15,18,25,27H,5,8-9H2,1-2H3,(H2,26,31)(H,28,29)/t13-,15-,18+/m1/s1. The van der Waals surface area contributed by atoms with Gasteiger partial charge in [0.25, 0.3) is 15.7 Å². The number of nitrogens with one attached hydrogen (secondary N) is 3. The van der Waals surface area contributed by atoms with Crippen molar-refractivity contribution in [3.05, 3.63) is 36.0 Å². The van der Waals surface area contributed by atoms with E-state index in [4.69, 9.17) is 11.1 Å². The molecule has 34 heavy (non-hydrogen) atoms. The van der Waals surface area contributed by atoms with Gasteiger partial charge in [-0.05, 0) is 43.5 Å². The van der Waals surface area contributed by atoms with Crippen LogP contribution >= 0.6 is 0 Å². The summed E-state index contributed by atoms with van der Waals surface area (Å²) in [6.45, 7) is 4.11. The fraction of sp³-hybridized carbons (Fsp3) is 0.476. The largest absolute Gasteiger partial charge is 0.501 e. The van der Waals surface area contributed by atoms with Crippen molar-refractivity contribution in [3.63, 3.8) is 0 Å². The summed E-state index contributed by atoms with van der Waals surface area (Å²) in [6, 6.07) is 4.33. The number of primary amides is 1. The van der Waals surface area contributed by atoms with Gasteiger partial charge >= 0.3 is 5.51 Å². The van der Waals surface area contributed by atoms with Crippen LogP contribution in [0.3, 0.4) is 0 Å². The van der Waals surface area contributed by atoms with E-state index in [9.17, 15) is 26.4 Å². The van der Waals surface area contributed by atoms with Crippen LogP contribution in [0.2, 0.25) is 0 Å². The van der Waals surface area contributed by atoms with Crippen LogP contribution in [0.5, 0.6) is 0 Å². The van der Waals surface area contributed by atoms with E-state index in [1.807, 2.05) is 0 Å². The number of hydrogen-bond acceptors (Lipinski definition) is 7. The highest BCUT2D eigenvalue weighted by molar-refractivity contribution is 7.92. The number of halogens is 3. The molecule has 1 fully saturated rings. The molecule has 9 nitrogen and oxygen atoms in total. The zero-order valence-electron chi connectivity index (χ0n) is 18.6. The first-order valence-electron chi connectivity index (χ1n) is 10.7. The number of anilines is 2. The number of aromatic nitrogens is 2. The third kappa shape index (κ3) is 5.41. The Balaban J connectivity index is 1.84. The SMILES string of the molecule is CC(C)N[C@@H]1CC[C@H](n2cc(C(N)=O)c(Nc3ccc(S(=O)(=O)C(F)(F)F)cc3)n2)[C@@H](C=N)C1. The van der Waals surface area contributed by atoms with Crippen molar-refractivity contribution in [1.29, 1.82) is 5.41 Å². The van der Waals surface area contributed by atoms with Crippen LogP contribution in [0.4, 0.5) is 24.7 Å². The molecule has 1 aliphatic rings. The molecular weight excluding hydrogens is 473 g/mol. The Morgan fingerprint density at radius 3 is 2.44 bits per heavy atom. The zero-order valence-corrected chi connectivity index (χ0v) is 19.4. The number of benzene rings is 1. The van der Waals surface area contributed by atoms with Crippen LogP contribution < -0.4 is 16.4 Å². The van der Waals surface area contributed by atoms with Crippen LogP contribution in [0.25, 0.3) is 0 Å². The quantitative estimate of drug-likeness (QED) is 0.409. The van der Waals surface area contributed by atoms with Crippen LogP contribution in [0, 0.1) is 11.3 Å². The van der Waals surface area contributed by atoms with Crippen molar-refractivity contribution in [2.75, 3.05) is 5.32 Å². The number of sulfone groups is 1. The molecule has 0 aliphatic heterocycles. The molecule has 0 spiro atoms. The van der Waals surface area contributed by atoms with E-state index in [0.717, 1.165) is 37.1 Å². The Morgan fingerprint density at radius 2 is 1.91 bits per heavy atom. The highest BCUT2D eigenvalue weighted by atomic mass is 32.2. The molecule has 0 radical (unpaired) electrons. The molecule has 0 unspecified atom stereocenters. The van der Waals surface area contributed by atoms with Gasteiger partial charge in [-0.2, -0.15) is 18.3 Å². The maximum absolute atomic E-state index is 12.7. The van der Waals surface area contributed by atoms with Crippen molar-refractivity contribution in [3.8, 4) is 0 Å². The van der Waals surface area contributed by atoms with E-state index in [2.05, 4.69) is 29.6 Å². The lowest BCUT2D eigenvalue weighted by molar-refractivity contribution is -0.0436. The molecule has 1 saturated carbocycles. The van der Waals surface area contributed by atoms with Gasteiger partial charge in [-0.1, -0.05) is 13.8 Å². The van der Waals surface area contributed by atoms with Crippen molar-refractivity contribution < 1.29 is 26.4 Å². The third-order valence-corrected chi connectivity index (χ3v) is 7.22. The van der Waals surface area contributed by atoms with E-state index in [1.165, 1.54) is 12.4 Å². The maximum atomic E-state index is 12.7. The summed E-state index contributed by atoms with van der Waals surface area (Å²) in [7, 11) is -5.47. The topological polar surface area (TPSA) is 143 Å². The smallest absolute Gasteiger partial charge is 0.365 e. The first kappa shape index (κ1) is 25.7. The van der Waals surface area contributed by atoms with Gasteiger partial charge in [0.2, 0.25) is 0 Å². The fourth-order valence-corrected chi connectivity index (χ4v) is 4.90. The van der Waals surface area contributed by atoms with Crippen LogP contribution in [-0.4, -0.2) is 47.9 Å². The zero-order chi connectivity index (χ0) is 25.3. The lowest BCUT2D eigenvalue weighted by atomic mass is 9.82. The van der Waals surface area contributed by atoms with Crippen LogP contribution in [0.1, 0.15) is 49.5 Å². The molecule has 186 valence electrons. The van der Waals surface area contributed by atoms with Crippen molar-refractivity contribution in [2.24, 2.45) is 11.7 Å². The molecule has 1 amide bonds. The number of carbonyl (C=O) groups excluding carboxylic acids is 1. The predicted molar refractivity (Wildman–Crippen MR) is 121 cm³/mol. The minimum atomic E-state index is -5.47. The average molecular weight is 501 g/mol. The third-order valence-electron chi connectivity index (χ3n) is 5.71. The first-order chi connectivity index (χ1) is 15.8. The van der Waals surface area contributed by atoms with E-state index >= 15 is 0 Å². The fourth-order valence-electron chi connectivity index (χ4n) is 4.14. The van der Waals surface area contributed by atoms with Gasteiger partial charge < -0.3 is 21.8 Å². The number of alkyl halides is 3. The predicted octanol–water partition coefficient (Wildman–Crippen LogP) is 3.38. The van der Waals surface area contributed by atoms with Gasteiger partial charge in [0.1, 0.15) is 5.56 Å². The molecule has 0 bridgehead atoms. The van der Waals surface area contributed by atoms with Crippen LogP contribution in [-0.2, 0) is 9.84 Å². The number of rotatable bonds is 8. The highest BCUT2D eigenvalue weighted by Gasteiger charge is 2.46. The van der Waals surface area contributed by atoms with Gasteiger partial charge in [0, 0.05) is 36.1 Å². The Kier molecular flexibility index (Phi) is 7.36. The summed E-state index contributed by atoms with van der Waals surface area (Å²) in [6.07, 6.45) is 5.17. The molecule has 5 N–H and O–H groups in total. The van der Waals surface area contributed by atoms with E-state index in [1.54, 1.807) is 4.68 Å². The van der Waals surface area contributed by atoms with E-state index in [0.29, 0.717) is 12.5 Å². The minimum Gasteiger partial charge on any atom is -0.365 e. The number of nitrogens with zero attached hydrogens (tertiary/aromatic N) is 2. The van der Waals surface area contributed by atoms with Gasteiger partial charge in [0.15, 0.2) is 5.82 Å². The van der Waals surface area contributed by atoms with Crippen molar-refractivity contribution in [1.82, 2.24) is 15.1 Å². The molecule has 2 aromatic rings. The number of nitrogens with two attached hydrogens (primary N) is 1. The number of hydrogen-bond donors (Lipinski definition) is 4. The lowest BCUT2D eigenvalue weighted by Gasteiger charge is -2.35. The Bertz CT molecular complexity index is 1150. The molecule has 1 aromatic carbocycles. The van der Waals surface area contributed by atoms with E-state index < -0.39 is 26.1 Å². The molecule has 3 atom stereocenters. The van der Waals surface area contributed by atoms with E-state index in [-0.39, 0.29) is 35.1 Å². The Labute approximate surface area is 195 Å². The Morgan fingerprint density at radius 1 is 1.26 bits per heavy atom. The Hall–Kier alpha value is -2.93. The molecule has 1 aliphatic carbocycles. The summed E-state index contributed by atoms with van der Waals surface area (Å²) in [4.78, 5) is 11.1. The second kappa shape index (κ2) is 9.74. The van der Waals surface area contributed by atoms with Crippen molar-refractivity contribution in [2.45, 2.75) is 61.6 Å². The maximum Gasteiger partial charge on any atom is 0.501 e. The molecule has 1 aromatic heterocycles. The molecular formula is C21H27F3N6O3S. The average Bonchev–Trinajstić information content (AvgIpc) is 3.16. The molecule has 3 rings (SSSR count). The summed E-state index contributed by atoms with van der Waals surface area (Å²) in [5.74, 6) is -0.790. The van der Waals surface area contributed by atoms with Gasteiger partial charge in [-0.15, -0.1) is 0 Å². The summed E-state index contributed by atoms with van der Waals surface area (Å²) in [5.41, 5.74) is 0.377. The number of amides is 1. The summed E-state index contributed by atoms with van der Waals surface area (Å²) in [5, 5.41) is 18.6. The van der Waals surface area contributed by atoms with Crippen LogP contribution in [0.15, 0.2) is 35.4 Å². The highest BCUT2D eigenvalue weighted by Crippen LogP contribution is 2.35. The molecule has 13 heteroatoms. The lowest BCUT2D eigenvalue weighted by Crippen LogP contribution is -2.42. The van der Waals surface area contributed by atoms with Crippen molar-refractivity contribution >= 4 is 33.5 Å². The summed E-state index contributed by atoms with van der Waals surface area (Å²) >= 11 is 0. The molecule has 0 saturated heterocycles. The second-order valence-corrected chi connectivity index (χ2v) is 10.5.